The Bertz CT molecular complexity index is 855. The molecule has 3 nitrogen and oxygen atoms in total. The first-order valence-corrected chi connectivity index (χ1v) is 7.01. The number of benzene rings is 1. The maximum Gasteiger partial charge on any atom is 0.417 e. The Morgan fingerprint density at radius 2 is 1.70 bits per heavy atom. The van der Waals surface area contributed by atoms with Gasteiger partial charge in [0.05, 0.1) is 16.8 Å². The smallest absolute Gasteiger partial charge is 0.340 e. The SMILES string of the molecule is Cc1cc2nccc(Nc3ccc(C(F)(F)F)cn3)c2cc1C. The molecule has 6 heteroatoms. The van der Waals surface area contributed by atoms with E-state index in [0.29, 0.717) is 5.82 Å². The fourth-order valence-electron chi connectivity index (χ4n) is 2.29. The molecule has 1 aromatic carbocycles. The van der Waals surface area contributed by atoms with Crippen LogP contribution in [0.4, 0.5) is 24.7 Å². The minimum atomic E-state index is -4.39. The van der Waals surface area contributed by atoms with Gasteiger partial charge in [-0.1, -0.05) is 0 Å². The molecule has 0 aliphatic carbocycles. The lowest BCUT2D eigenvalue weighted by Crippen LogP contribution is -2.06. The Labute approximate surface area is 131 Å². The molecule has 118 valence electrons. The summed E-state index contributed by atoms with van der Waals surface area (Å²) >= 11 is 0. The molecule has 0 fully saturated rings. The second kappa shape index (κ2) is 5.53. The molecule has 1 N–H and O–H groups in total. The predicted octanol–water partition coefficient (Wildman–Crippen LogP) is 5.01. The number of alkyl halides is 3. The molecule has 0 saturated carbocycles. The first-order valence-electron chi connectivity index (χ1n) is 7.01. The third-order valence-corrected chi connectivity index (χ3v) is 3.71. The molecule has 0 atom stereocenters. The normalized spacial score (nSPS) is 11.7. The molecule has 2 heterocycles. The fraction of sp³-hybridized carbons (Fsp3) is 0.176. The molecule has 0 saturated heterocycles. The van der Waals surface area contributed by atoms with E-state index >= 15 is 0 Å². The summed E-state index contributed by atoms with van der Waals surface area (Å²) in [5, 5.41) is 3.95. The summed E-state index contributed by atoms with van der Waals surface area (Å²) in [6.07, 6.45) is -1.91. The number of aromatic nitrogens is 2. The second-order valence-electron chi connectivity index (χ2n) is 5.37. The highest BCUT2D eigenvalue weighted by molar-refractivity contribution is 5.93. The van der Waals surface area contributed by atoms with Gasteiger partial charge in [-0.05, 0) is 55.3 Å². The molecule has 3 aromatic rings. The van der Waals surface area contributed by atoms with Crippen molar-refractivity contribution in [1.29, 1.82) is 0 Å². The van der Waals surface area contributed by atoms with E-state index in [-0.39, 0.29) is 0 Å². The maximum atomic E-state index is 12.6. The van der Waals surface area contributed by atoms with E-state index in [1.165, 1.54) is 6.07 Å². The number of hydrogen-bond donors (Lipinski definition) is 1. The number of rotatable bonds is 2. The Hall–Kier alpha value is -2.63. The zero-order chi connectivity index (χ0) is 16.6. The van der Waals surface area contributed by atoms with Crippen LogP contribution in [-0.2, 0) is 6.18 Å². The molecule has 23 heavy (non-hydrogen) atoms. The Kier molecular flexibility index (Phi) is 3.67. The van der Waals surface area contributed by atoms with Gasteiger partial charge < -0.3 is 5.32 Å². The highest BCUT2D eigenvalue weighted by atomic mass is 19.4. The van der Waals surface area contributed by atoms with Crippen molar-refractivity contribution in [2.45, 2.75) is 20.0 Å². The third-order valence-electron chi connectivity index (χ3n) is 3.71. The molecule has 0 spiro atoms. The van der Waals surface area contributed by atoms with Crippen LogP contribution in [0.25, 0.3) is 10.9 Å². The van der Waals surface area contributed by atoms with Crippen LogP contribution in [0.5, 0.6) is 0 Å². The summed E-state index contributed by atoms with van der Waals surface area (Å²) in [6, 6.07) is 8.08. The average molecular weight is 317 g/mol. The van der Waals surface area contributed by atoms with Gasteiger partial charge in [0, 0.05) is 17.8 Å². The molecule has 0 radical (unpaired) electrons. The van der Waals surface area contributed by atoms with Crippen molar-refractivity contribution in [3.8, 4) is 0 Å². The summed E-state index contributed by atoms with van der Waals surface area (Å²) in [4.78, 5) is 8.16. The lowest BCUT2D eigenvalue weighted by Gasteiger charge is -2.11. The van der Waals surface area contributed by atoms with Gasteiger partial charge in [-0.15, -0.1) is 0 Å². The summed E-state index contributed by atoms with van der Waals surface area (Å²) in [6.45, 7) is 4.01. The van der Waals surface area contributed by atoms with Gasteiger partial charge in [-0.2, -0.15) is 13.2 Å². The first kappa shape index (κ1) is 15.3. The van der Waals surface area contributed by atoms with E-state index in [9.17, 15) is 13.2 Å². The average Bonchev–Trinajstić information content (AvgIpc) is 2.49. The molecular weight excluding hydrogens is 303 g/mol. The van der Waals surface area contributed by atoms with Crippen LogP contribution in [0.15, 0.2) is 42.7 Å². The van der Waals surface area contributed by atoms with Crippen molar-refractivity contribution in [2.24, 2.45) is 0 Å². The van der Waals surface area contributed by atoms with Gasteiger partial charge in [0.25, 0.3) is 0 Å². The largest absolute Gasteiger partial charge is 0.417 e. The van der Waals surface area contributed by atoms with Crippen LogP contribution in [0.1, 0.15) is 16.7 Å². The summed E-state index contributed by atoms with van der Waals surface area (Å²) in [7, 11) is 0. The van der Waals surface area contributed by atoms with Crippen LogP contribution in [0.3, 0.4) is 0 Å². The Balaban J connectivity index is 1.97. The highest BCUT2D eigenvalue weighted by Crippen LogP contribution is 2.30. The van der Waals surface area contributed by atoms with Crippen LogP contribution in [-0.4, -0.2) is 9.97 Å². The van der Waals surface area contributed by atoms with Gasteiger partial charge >= 0.3 is 6.18 Å². The lowest BCUT2D eigenvalue weighted by molar-refractivity contribution is -0.137. The van der Waals surface area contributed by atoms with Crippen molar-refractivity contribution in [3.63, 3.8) is 0 Å². The number of aryl methyl sites for hydroxylation is 2. The predicted molar refractivity (Wildman–Crippen MR) is 83.7 cm³/mol. The highest BCUT2D eigenvalue weighted by Gasteiger charge is 2.30. The molecule has 2 aromatic heterocycles. The zero-order valence-corrected chi connectivity index (χ0v) is 12.6. The van der Waals surface area contributed by atoms with Crippen LogP contribution in [0, 0.1) is 13.8 Å². The zero-order valence-electron chi connectivity index (χ0n) is 12.6. The van der Waals surface area contributed by atoms with Crippen molar-refractivity contribution in [1.82, 2.24) is 9.97 Å². The molecule has 0 amide bonds. The molecule has 0 bridgehead atoms. The van der Waals surface area contributed by atoms with Crippen LogP contribution < -0.4 is 5.32 Å². The second-order valence-corrected chi connectivity index (χ2v) is 5.37. The van der Waals surface area contributed by atoms with Gasteiger partial charge in [-0.25, -0.2) is 4.98 Å². The monoisotopic (exact) mass is 317 g/mol. The maximum absolute atomic E-state index is 12.6. The van der Waals surface area contributed by atoms with E-state index in [1.807, 2.05) is 26.0 Å². The number of nitrogens with one attached hydrogen (secondary N) is 1. The van der Waals surface area contributed by atoms with Crippen molar-refractivity contribution in [2.75, 3.05) is 5.32 Å². The minimum absolute atomic E-state index is 0.351. The van der Waals surface area contributed by atoms with Gasteiger partial charge in [0.2, 0.25) is 0 Å². The topological polar surface area (TPSA) is 37.8 Å². The lowest BCUT2D eigenvalue weighted by atomic mass is 10.1. The standard InChI is InChI=1S/C17H14F3N3/c1-10-7-13-14(5-6-21-15(13)8-11(10)2)23-16-4-3-12(9-22-16)17(18,19)20/h3-9H,1-2H3,(H,21,22,23). The van der Waals surface area contributed by atoms with E-state index in [2.05, 4.69) is 15.3 Å². The molecule has 0 aliphatic rings. The Morgan fingerprint density at radius 3 is 2.35 bits per heavy atom. The number of fused-ring (bicyclic) bond motifs is 1. The van der Waals surface area contributed by atoms with E-state index in [1.54, 1.807) is 12.3 Å². The van der Waals surface area contributed by atoms with Gasteiger partial charge in [0.15, 0.2) is 0 Å². The number of halogens is 3. The number of hydrogen-bond acceptors (Lipinski definition) is 3. The molecule has 0 unspecified atom stereocenters. The van der Waals surface area contributed by atoms with Crippen molar-refractivity contribution < 1.29 is 13.2 Å². The van der Waals surface area contributed by atoms with Gasteiger partial charge in [-0.3, -0.25) is 4.98 Å². The first-order chi connectivity index (χ1) is 10.8. The van der Waals surface area contributed by atoms with Gasteiger partial charge in [0.1, 0.15) is 5.82 Å². The van der Waals surface area contributed by atoms with Crippen molar-refractivity contribution >= 4 is 22.4 Å². The number of anilines is 2. The Morgan fingerprint density at radius 1 is 0.957 bits per heavy atom. The van der Waals surface area contributed by atoms with E-state index < -0.39 is 11.7 Å². The number of pyridine rings is 2. The number of nitrogens with zero attached hydrogens (tertiary/aromatic N) is 2. The van der Waals surface area contributed by atoms with Crippen LogP contribution in [0.2, 0.25) is 0 Å². The molecule has 3 rings (SSSR count). The minimum Gasteiger partial charge on any atom is -0.340 e. The van der Waals surface area contributed by atoms with E-state index in [4.69, 9.17) is 0 Å². The molecular formula is C17H14F3N3. The molecule has 0 aliphatic heterocycles. The quantitative estimate of drug-likeness (QED) is 0.722. The van der Waals surface area contributed by atoms with E-state index in [0.717, 1.165) is 40.0 Å². The third kappa shape index (κ3) is 3.11. The van der Waals surface area contributed by atoms with Crippen LogP contribution >= 0.6 is 0 Å². The summed E-state index contributed by atoms with van der Waals surface area (Å²) in [5.74, 6) is 0.351. The van der Waals surface area contributed by atoms with Crippen molar-refractivity contribution in [3.05, 3.63) is 59.4 Å². The fourth-order valence-corrected chi connectivity index (χ4v) is 2.29. The summed E-state index contributed by atoms with van der Waals surface area (Å²) < 4.78 is 37.7. The summed E-state index contributed by atoms with van der Waals surface area (Å²) in [5.41, 5.74) is 3.06.